The number of hydrogen-bond donors (Lipinski definition) is 1. The van der Waals surface area contributed by atoms with Gasteiger partial charge in [0, 0.05) is 6.07 Å². The van der Waals surface area contributed by atoms with Crippen LogP contribution in [0.1, 0.15) is 18.5 Å². The highest BCUT2D eigenvalue weighted by atomic mass is 35.5. The fourth-order valence-electron chi connectivity index (χ4n) is 2.23. The molecule has 0 radical (unpaired) electrons. The lowest BCUT2D eigenvalue weighted by Crippen LogP contribution is -2.25. The van der Waals surface area contributed by atoms with Gasteiger partial charge in [-0.1, -0.05) is 41.9 Å². The van der Waals surface area contributed by atoms with Crippen LogP contribution in [0, 0.1) is 0 Å². The smallest absolute Gasteiger partial charge is 0.415 e. The summed E-state index contributed by atoms with van der Waals surface area (Å²) in [4.78, 5) is 21.6. The lowest BCUT2D eigenvalue weighted by Gasteiger charge is -2.17. The average molecular weight is 319 g/mol. The number of nitrogens with one attached hydrogen (secondary N) is 1. The fraction of sp³-hybridized carbons (Fsp3) is 0.267. The monoisotopic (exact) mass is 318 g/mol. The van der Waals surface area contributed by atoms with Crippen molar-refractivity contribution in [1.29, 1.82) is 0 Å². The van der Waals surface area contributed by atoms with E-state index in [1.807, 2.05) is 37.3 Å². The summed E-state index contributed by atoms with van der Waals surface area (Å²) in [6.07, 6.45) is -0.420. The molecule has 7 heteroatoms. The second-order valence-electron chi connectivity index (χ2n) is 4.92. The molecule has 6 nitrogen and oxygen atoms in total. The highest BCUT2D eigenvalue weighted by molar-refractivity contribution is 6.29. The standard InChI is InChI=1S/C15H15ClN4O2/c1-10(11-5-3-2-4-6-11)17-14-18-12(16)9-13(19-14)20-7-8-22-15(20)21/h2-6,9-10H,7-8H2,1H3,(H,17,18,19)/t10-/m0/s1. The Labute approximate surface area is 133 Å². The van der Waals surface area contributed by atoms with E-state index in [0.717, 1.165) is 5.56 Å². The second-order valence-corrected chi connectivity index (χ2v) is 5.30. The molecule has 0 spiro atoms. The van der Waals surface area contributed by atoms with Crippen LogP contribution in [0.5, 0.6) is 0 Å². The zero-order chi connectivity index (χ0) is 15.5. The van der Waals surface area contributed by atoms with E-state index in [0.29, 0.717) is 24.9 Å². The van der Waals surface area contributed by atoms with Gasteiger partial charge in [-0.25, -0.2) is 9.78 Å². The van der Waals surface area contributed by atoms with Gasteiger partial charge >= 0.3 is 6.09 Å². The van der Waals surface area contributed by atoms with E-state index in [9.17, 15) is 4.79 Å². The molecule has 1 amide bonds. The Morgan fingerprint density at radius 3 is 2.77 bits per heavy atom. The Hall–Kier alpha value is -2.34. The Morgan fingerprint density at radius 1 is 1.32 bits per heavy atom. The number of hydrogen-bond acceptors (Lipinski definition) is 5. The number of carbonyl (C=O) groups excluding carboxylic acids is 1. The van der Waals surface area contributed by atoms with E-state index in [1.54, 1.807) is 6.07 Å². The van der Waals surface area contributed by atoms with E-state index in [-0.39, 0.29) is 11.2 Å². The molecule has 1 aromatic heterocycles. The van der Waals surface area contributed by atoms with Crippen LogP contribution in [0.2, 0.25) is 5.15 Å². The topological polar surface area (TPSA) is 67.3 Å². The molecule has 0 unspecified atom stereocenters. The van der Waals surface area contributed by atoms with Crippen molar-refractivity contribution in [3.63, 3.8) is 0 Å². The van der Waals surface area contributed by atoms with Gasteiger partial charge in [0.15, 0.2) is 0 Å². The van der Waals surface area contributed by atoms with Crippen LogP contribution in [0.25, 0.3) is 0 Å². The number of carbonyl (C=O) groups is 1. The van der Waals surface area contributed by atoms with Crippen LogP contribution in [-0.2, 0) is 4.74 Å². The lowest BCUT2D eigenvalue weighted by atomic mass is 10.1. The number of rotatable bonds is 4. The van der Waals surface area contributed by atoms with Gasteiger partial charge in [-0.2, -0.15) is 4.98 Å². The third kappa shape index (κ3) is 3.12. The third-order valence-corrected chi connectivity index (χ3v) is 3.56. The molecule has 1 aliphatic rings. The molecule has 3 rings (SSSR count). The van der Waals surface area contributed by atoms with E-state index in [4.69, 9.17) is 16.3 Å². The molecule has 22 heavy (non-hydrogen) atoms. The van der Waals surface area contributed by atoms with Crippen LogP contribution in [0.3, 0.4) is 0 Å². The zero-order valence-electron chi connectivity index (χ0n) is 12.0. The van der Waals surface area contributed by atoms with Crippen molar-refractivity contribution >= 4 is 29.5 Å². The maximum absolute atomic E-state index is 11.6. The Balaban J connectivity index is 1.82. The summed E-state index contributed by atoms with van der Waals surface area (Å²) in [6, 6.07) is 11.5. The van der Waals surface area contributed by atoms with Crippen LogP contribution in [-0.4, -0.2) is 29.2 Å². The number of cyclic esters (lactones) is 1. The molecule has 114 valence electrons. The first-order chi connectivity index (χ1) is 10.6. The third-order valence-electron chi connectivity index (χ3n) is 3.36. The maximum atomic E-state index is 11.6. The molecule has 2 aromatic rings. The summed E-state index contributed by atoms with van der Waals surface area (Å²) in [5.74, 6) is 0.809. The zero-order valence-corrected chi connectivity index (χ0v) is 12.7. The molecule has 1 atom stereocenters. The Kier molecular flexibility index (Phi) is 4.11. The largest absolute Gasteiger partial charge is 0.447 e. The highest BCUT2D eigenvalue weighted by Gasteiger charge is 2.25. The first kappa shape index (κ1) is 14.6. The normalized spacial score (nSPS) is 15.5. The maximum Gasteiger partial charge on any atom is 0.415 e. The molecular weight excluding hydrogens is 304 g/mol. The summed E-state index contributed by atoms with van der Waals surface area (Å²) in [7, 11) is 0. The Morgan fingerprint density at radius 2 is 2.09 bits per heavy atom. The van der Waals surface area contributed by atoms with Crippen LogP contribution in [0.15, 0.2) is 36.4 Å². The lowest BCUT2D eigenvalue weighted by molar-refractivity contribution is 0.181. The average Bonchev–Trinajstić information content (AvgIpc) is 2.94. The predicted molar refractivity (Wildman–Crippen MR) is 84.2 cm³/mol. The van der Waals surface area contributed by atoms with Gasteiger partial charge in [0.25, 0.3) is 0 Å². The summed E-state index contributed by atoms with van der Waals surface area (Å²) < 4.78 is 4.91. The number of nitrogens with zero attached hydrogens (tertiary/aromatic N) is 3. The van der Waals surface area contributed by atoms with Gasteiger partial charge in [-0.15, -0.1) is 0 Å². The molecule has 0 aliphatic carbocycles. The number of aromatic nitrogens is 2. The minimum absolute atomic E-state index is 0.0121. The number of benzene rings is 1. The van der Waals surface area contributed by atoms with Gasteiger partial charge < -0.3 is 10.1 Å². The van der Waals surface area contributed by atoms with E-state index in [1.165, 1.54) is 4.90 Å². The predicted octanol–water partition coefficient (Wildman–Crippen LogP) is 3.26. The minimum Gasteiger partial charge on any atom is -0.447 e. The minimum atomic E-state index is -0.420. The van der Waals surface area contributed by atoms with Crippen LogP contribution in [0.4, 0.5) is 16.6 Å². The molecule has 1 aliphatic heterocycles. The van der Waals surface area contributed by atoms with Crippen molar-refractivity contribution < 1.29 is 9.53 Å². The van der Waals surface area contributed by atoms with Gasteiger partial charge in [0.05, 0.1) is 12.6 Å². The van der Waals surface area contributed by atoms with Gasteiger partial charge in [0.1, 0.15) is 17.6 Å². The first-order valence-electron chi connectivity index (χ1n) is 6.94. The van der Waals surface area contributed by atoms with Gasteiger partial charge in [-0.3, -0.25) is 4.90 Å². The number of amides is 1. The van der Waals surface area contributed by atoms with Crippen molar-refractivity contribution in [2.75, 3.05) is 23.4 Å². The Bertz CT molecular complexity index is 680. The number of anilines is 2. The molecule has 1 aromatic carbocycles. The van der Waals surface area contributed by atoms with Gasteiger partial charge in [-0.05, 0) is 12.5 Å². The summed E-state index contributed by atoms with van der Waals surface area (Å²) in [5.41, 5.74) is 1.10. The molecular formula is C15H15ClN4O2. The SMILES string of the molecule is C[C@H](Nc1nc(Cl)cc(N2CCOC2=O)n1)c1ccccc1. The van der Waals surface area contributed by atoms with Crippen molar-refractivity contribution in [2.24, 2.45) is 0 Å². The van der Waals surface area contributed by atoms with E-state index < -0.39 is 6.09 Å². The fourth-order valence-corrected chi connectivity index (χ4v) is 2.41. The summed E-state index contributed by atoms with van der Waals surface area (Å²) in [6.45, 7) is 2.81. The molecule has 1 fully saturated rings. The van der Waals surface area contributed by atoms with Crippen LogP contribution < -0.4 is 10.2 Å². The van der Waals surface area contributed by atoms with Crippen molar-refractivity contribution in [2.45, 2.75) is 13.0 Å². The molecule has 1 N–H and O–H groups in total. The quantitative estimate of drug-likeness (QED) is 0.876. The molecule has 1 saturated heterocycles. The van der Waals surface area contributed by atoms with Crippen molar-refractivity contribution in [1.82, 2.24) is 9.97 Å². The number of ether oxygens (including phenoxy) is 1. The van der Waals surface area contributed by atoms with Crippen molar-refractivity contribution in [3.05, 3.63) is 47.1 Å². The second kappa shape index (κ2) is 6.19. The molecule has 0 bridgehead atoms. The molecule has 0 saturated carbocycles. The summed E-state index contributed by atoms with van der Waals surface area (Å²) >= 11 is 6.04. The molecule has 2 heterocycles. The van der Waals surface area contributed by atoms with Crippen LogP contribution >= 0.6 is 11.6 Å². The van der Waals surface area contributed by atoms with Crippen molar-refractivity contribution in [3.8, 4) is 0 Å². The first-order valence-corrected chi connectivity index (χ1v) is 7.31. The highest BCUT2D eigenvalue weighted by Crippen LogP contribution is 2.23. The van der Waals surface area contributed by atoms with E-state index >= 15 is 0 Å². The van der Waals surface area contributed by atoms with Gasteiger partial charge in [0.2, 0.25) is 5.95 Å². The van der Waals surface area contributed by atoms with E-state index in [2.05, 4.69) is 15.3 Å². The number of halogens is 1. The summed E-state index contributed by atoms with van der Waals surface area (Å²) in [5, 5.41) is 3.46.